The maximum atomic E-state index is 12.1. The number of nitrogens with one attached hydrogen (secondary N) is 1. The Balaban J connectivity index is 1.47. The van der Waals surface area contributed by atoms with Gasteiger partial charge in [0.25, 0.3) is 0 Å². The van der Waals surface area contributed by atoms with Crippen molar-refractivity contribution in [2.75, 3.05) is 46.2 Å². The fraction of sp³-hybridized carbons (Fsp3) is 0.730. The fourth-order valence-electron chi connectivity index (χ4n) is 5.91. The molecule has 0 bridgehead atoms. The number of unbranched alkanes of at least 4 members (excludes halogenated alkanes) is 5. The molecule has 1 aliphatic rings. The van der Waals surface area contributed by atoms with Crippen LogP contribution in [0.15, 0.2) is 30.3 Å². The van der Waals surface area contributed by atoms with E-state index < -0.39 is 14.9 Å². The molecule has 47 heavy (non-hydrogen) atoms. The number of rotatable bonds is 26. The van der Waals surface area contributed by atoms with Crippen molar-refractivity contribution in [1.82, 2.24) is 5.32 Å². The summed E-state index contributed by atoms with van der Waals surface area (Å²) in [6, 6.07) is 8.51. The fourth-order valence-corrected chi connectivity index (χ4v) is 8.53. The number of esters is 1. The lowest BCUT2D eigenvalue weighted by molar-refractivity contribution is -0.137. The molecule has 0 radical (unpaired) electrons. The van der Waals surface area contributed by atoms with E-state index >= 15 is 0 Å². The van der Waals surface area contributed by atoms with E-state index in [1.54, 1.807) is 6.08 Å². The van der Waals surface area contributed by atoms with Gasteiger partial charge >= 0.3 is 20.9 Å². The Bertz CT molecular complexity index is 964. The largest absolute Gasteiger partial charge is 0.500 e. The van der Waals surface area contributed by atoms with Gasteiger partial charge in [0, 0.05) is 38.5 Å². The predicted molar refractivity (Wildman–Crippen MR) is 189 cm³/mol. The van der Waals surface area contributed by atoms with Crippen LogP contribution in [-0.2, 0) is 27.5 Å². The van der Waals surface area contributed by atoms with Crippen LogP contribution in [0.4, 0.5) is 4.79 Å². The molecule has 0 unspecified atom stereocenters. The molecule has 0 saturated heterocycles. The number of ether oxygens (including phenoxy) is 3. The quantitative estimate of drug-likeness (QED) is 0.0450. The predicted octanol–water partition coefficient (Wildman–Crippen LogP) is 8.73. The molecule has 268 valence electrons. The Morgan fingerprint density at radius 2 is 1.38 bits per heavy atom. The third-order valence-corrected chi connectivity index (χ3v) is 11.6. The second-order valence-corrected chi connectivity index (χ2v) is 15.1. The Morgan fingerprint density at radius 3 is 2.00 bits per heavy atom. The van der Waals surface area contributed by atoms with Crippen LogP contribution in [0.25, 0.3) is 6.08 Å². The van der Waals surface area contributed by atoms with Gasteiger partial charge in [-0.05, 0) is 101 Å². The van der Waals surface area contributed by atoms with Crippen LogP contribution in [0, 0.1) is 11.8 Å². The number of alkyl carbamates (subject to hydrolysis) is 1. The summed E-state index contributed by atoms with van der Waals surface area (Å²) in [6.07, 6.45) is 17.5. The minimum Gasteiger partial charge on any atom is -0.493 e. The highest BCUT2D eigenvalue weighted by molar-refractivity contribution is 6.60. The summed E-state index contributed by atoms with van der Waals surface area (Å²) in [4.78, 5) is 24.1. The van der Waals surface area contributed by atoms with Crippen LogP contribution in [0.5, 0.6) is 5.75 Å². The van der Waals surface area contributed by atoms with Crippen LogP contribution in [-0.4, -0.2) is 67.1 Å². The molecule has 0 heterocycles. The summed E-state index contributed by atoms with van der Waals surface area (Å²) in [5.74, 6) is 2.10. The average Bonchev–Trinajstić information content (AvgIpc) is 3.07. The lowest BCUT2D eigenvalue weighted by Gasteiger charge is -2.28. The van der Waals surface area contributed by atoms with E-state index in [-0.39, 0.29) is 5.97 Å². The van der Waals surface area contributed by atoms with Crippen molar-refractivity contribution in [3.05, 3.63) is 35.9 Å². The van der Waals surface area contributed by atoms with Crippen molar-refractivity contribution in [3.63, 3.8) is 0 Å². The first-order valence-corrected chi connectivity index (χ1v) is 20.3. The van der Waals surface area contributed by atoms with Gasteiger partial charge in [0.2, 0.25) is 0 Å². The first-order chi connectivity index (χ1) is 22.9. The zero-order valence-electron chi connectivity index (χ0n) is 29.7. The van der Waals surface area contributed by atoms with E-state index in [1.165, 1.54) is 57.4 Å². The lowest BCUT2D eigenvalue weighted by Crippen LogP contribution is -2.46. The van der Waals surface area contributed by atoms with E-state index in [2.05, 4.69) is 12.2 Å². The Hall–Kier alpha value is -2.40. The molecule has 0 atom stereocenters. The first-order valence-electron chi connectivity index (χ1n) is 18.3. The van der Waals surface area contributed by atoms with E-state index in [9.17, 15) is 9.59 Å². The summed E-state index contributed by atoms with van der Waals surface area (Å²) in [5, 5.41) is 2.78. The first kappa shape index (κ1) is 40.8. The van der Waals surface area contributed by atoms with Crippen molar-refractivity contribution < 1.29 is 37.1 Å². The van der Waals surface area contributed by atoms with Gasteiger partial charge in [0.15, 0.2) is 0 Å². The molecule has 10 heteroatoms. The van der Waals surface area contributed by atoms with Gasteiger partial charge < -0.3 is 32.8 Å². The maximum Gasteiger partial charge on any atom is 0.500 e. The summed E-state index contributed by atoms with van der Waals surface area (Å²) >= 11 is 0. The van der Waals surface area contributed by atoms with Gasteiger partial charge in [0.05, 0.1) is 19.8 Å². The molecule has 2 rings (SSSR count). The maximum absolute atomic E-state index is 12.1. The van der Waals surface area contributed by atoms with Gasteiger partial charge in [-0.3, -0.25) is 0 Å². The summed E-state index contributed by atoms with van der Waals surface area (Å²) in [6.45, 7) is 11.6. The molecule has 1 aromatic carbocycles. The highest BCUT2D eigenvalue weighted by atomic mass is 28.4. The van der Waals surface area contributed by atoms with Crippen LogP contribution in [0.1, 0.15) is 117 Å². The van der Waals surface area contributed by atoms with Crippen LogP contribution >= 0.6 is 0 Å². The molecule has 1 amide bonds. The molecule has 1 saturated carbocycles. The van der Waals surface area contributed by atoms with Crippen molar-refractivity contribution in [2.45, 2.75) is 117 Å². The molecule has 0 aliphatic heterocycles. The highest BCUT2D eigenvalue weighted by Gasteiger charge is 2.39. The van der Waals surface area contributed by atoms with Crippen molar-refractivity contribution >= 4 is 26.9 Å². The van der Waals surface area contributed by atoms with Gasteiger partial charge in [0.1, 0.15) is 5.75 Å². The Kier molecular flexibility index (Phi) is 22.2. The van der Waals surface area contributed by atoms with Crippen LogP contribution in [0.2, 0.25) is 6.04 Å². The smallest absolute Gasteiger partial charge is 0.493 e. The van der Waals surface area contributed by atoms with Gasteiger partial charge in [-0.1, -0.05) is 57.6 Å². The standard InChI is InChI=1S/C37H63NO8Si/c1-5-9-12-16-32-17-19-34(20-18-32)31-43-35-24-21-33(22-25-35)23-26-36(39)41-28-13-10-11-14-29-42-37(40)38-27-15-30-47(44-6-2,45-7-3)46-8-4/h21-26,32,34H,5-20,27-31H2,1-4H3,(H,38,40)/b26-23+. The highest BCUT2D eigenvalue weighted by Crippen LogP contribution is 2.32. The number of hydrogen-bond donors (Lipinski definition) is 1. The second-order valence-electron chi connectivity index (χ2n) is 12.3. The number of carbonyl (C=O) groups is 2. The van der Waals surface area contributed by atoms with E-state index in [4.69, 9.17) is 27.5 Å². The molecule has 1 aromatic rings. The van der Waals surface area contributed by atoms with Crippen molar-refractivity contribution in [2.24, 2.45) is 11.8 Å². The number of amides is 1. The molecular weight excluding hydrogens is 614 g/mol. The van der Waals surface area contributed by atoms with Gasteiger partial charge in [-0.2, -0.15) is 0 Å². The molecular formula is C37H63NO8Si. The average molecular weight is 678 g/mol. The third kappa shape index (κ3) is 18.7. The molecule has 1 N–H and O–H groups in total. The SMILES string of the molecule is CCCCCC1CCC(COc2ccc(/C=C/C(=O)OCCCCCCOC(=O)NCCC[Si](OCC)(OCC)OCC)cc2)CC1. The molecule has 0 spiro atoms. The van der Waals surface area contributed by atoms with E-state index in [1.807, 2.05) is 45.0 Å². The zero-order valence-corrected chi connectivity index (χ0v) is 30.7. The summed E-state index contributed by atoms with van der Waals surface area (Å²) in [5.41, 5.74) is 0.933. The normalized spacial score (nSPS) is 16.7. The Labute approximate surface area is 285 Å². The number of benzene rings is 1. The van der Waals surface area contributed by atoms with Crippen molar-refractivity contribution in [3.8, 4) is 5.75 Å². The second kappa shape index (κ2) is 25.6. The molecule has 9 nitrogen and oxygen atoms in total. The monoisotopic (exact) mass is 677 g/mol. The van der Waals surface area contributed by atoms with Crippen LogP contribution in [0.3, 0.4) is 0 Å². The van der Waals surface area contributed by atoms with E-state index in [0.717, 1.165) is 49.5 Å². The zero-order chi connectivity index (χ0) is 34.0. The molecule has 0 aromatic heterocycles. The number of carbonyl (C=O) groups excluding carboxylic acids is 2. The summed E-state index contributed by atoms with van der Waals surface area (Å²) in [7, 11) is -2.69. The van der Waals surface area contributed by atoms with Gasteiger partial charge in [-0.15, -0.1) is 0 Å². The third-order valence-electron chi connectivity index (χ3n) is 8.50. The topological polar surface area (TPSA) is 102 Å². The van der Waals surface area contributed by atoms with Crippen LogP contribution < -0.4 is 10.1 Å². The number of hydrogen-bond acceptors (Lipinski definition) is 8. The molecule has 1 aliphatic carbocycles. The minimum absolute atomic E-state index is 0.348. The van der Waals surface area contributed by atoms with E-state index in [0.29, 0.717) is 58.0 Å². The molecule has 1 fully saturated rings. The van der Waals surface area contributed by atoms with Gasteiger partial charge in [-0.25, -0.2) is 9.59 Å². The minimum atomic E-state index is -2.69. The lowest BCUT2D eigenvalue weighted by atomic mass is 9.80. The van der Waals surface area contributed by atoms with Crippen molar-refractivity contribution in [1.29, 1.82) is 0 Å². The summed E-state index contributed by atoms with van der Waals surface area (Å²) < 4.78 is 34.2. The Morgan fingerprint density at radius 1 is 0.766 bits per heavy atom.